The van der Waals surface area contributed by atoms with Crippen LogP contribution in [0.25, 0.3) is 22.0 Å². The Morgan fingerprint density at radius 2 is 2.04 bits per heavy atom. The van der Waals surface area contributed by atoms with Crippen molar-refractivity contribution in [2.75, 3.05) is 0 Å². The van der Waals surface area contributed by atoms with Crippen molar-refractivity contribution >= 4 is 22.2 Å². The van der Waals surface area contributed by atoms with Crippen LogP contribution in [0.15, 0.2) is 35.5 Å². The number of aryl methyl sites for hydroxylation is 3. The van der Waals surface area contributed by atoms with Gasteiger partial charge in [-0.1, -0.05) is 13.8 Å². The van der Waals surface area contributed by atoms with Crippen LogP contribution in [-0.4, -0.2) is 23.3 Å². The zero-order valence-corrected chi connectivity index (χ0v) is 15.2. The predicted octanol–water partition coefficient (Wildman–Crippen LogP) is 1.79. The van der Waals surface area contributed by atoms with Crippen molar-refractivity contribution in [2.24, 2.45) is 12.2 Å². The number of hydrogen-bond acceptors (Lipinski definition) is 4. The summed E-state index contributed by atoms with van der Waals surface area (Å²) in [5.41, 5.74) is 5.16. The molecule has 8 heteroatoms. The second-order valence-corrected chi connectivity index (χ2v) is 6.04. The molecule has 0 bridgehead atoms. The third-order valence-electron chi connectivity index (χ3n) is 3.98. The second kappa shape index (κ2) is 8.19. The van der Waals surface area contributed by atoms with Gasteiger partial charge in [0.15, 0.2) is 0 Å². The maximum Gasteiger partial charge on any atom is 0.274 e. The van der Waals surface area contributed by atoms with Crippen molar-refractivity contribution < 1.29 is 8.76 Å². The van der Waals surface area contributed by atoms with E-state index in [9.17, 15) is 4.79 Å². The summed E-state index contributed by atoms with van der Waals surface area (Å²) in [7, 11) is 1.78. The topological polar surface area (TPSA) is 117 Å². The van der Waals surface area contributed by atoms with Crippen molar-refractivity contribution in [3.63, 3.8) is 0 Å². The van der Waals surface area contributed by atoms with E-state index in [1.807, 2.05) is 24.7 Å². The second-order valence-electron chi connectivity index (χ2n) is 5.52. The van der Waals surface area contributed by atoms with Crippen molar-refractivity contribution in [1.82, 2.24) is 14.5 Å². The van der Waals surface area contributed by atoms with Gasteiger partial charge in [0.25, 0.3) is 5.56 Å². The van der Waals surface area contributed by atoms with Crippen molar-refractivity contribution in [2.45, 2.75) is 26.7 Å². The summed E-state index contributed by atoms with van der Waals surface area (Å²) >= 11 is -2.36. The third-order valence-corrected chi connectivity index (χ3v) is 3.98. The first-order valence-corrected chi connectivity index (χ1v) is 9.01. The first kappa shape index (κ1) is 19.0. The Morgan fingerprint density at radius 3 is 2.64 bits per heavy atom. The number of nitrogens with two attached hydrogens (primary N) is 1. The van der Waals surface area contributed by atoms with Crippen LogP contribution in [0.4, 0.5) is 0 Å². The maximum atomic E-state index is 12.1. The van der Waals surface area contributed by atoms with Gasteiger partial charge < -0.3 is 14.1 Å². The molecule has 3 aromatic heterocycles. The van der Waals surface area contributed by atoms with E-state index in [2.05, 4.69) is 35.0 Å². The molecule has 134 valence electrons. The van der Waals surface area contributed by atoms with Crippen LogP contribution in [0.1, 0.15) is 25.1 Å². The van der Waals surface area contributed by atoms with Crippen LogP contribution < -0.4 is 10.7 Å². The van der Waals surface area contributed by atoms with Crippen LogP contribution in [-0.2, 0) is 31.2 Å². The van der Waals surface area contributed by atoms with E-state index in [0.29, 0.717) is 5.52 Å². The molecule has 25 heavy (non-hydrogen) atoms. The van der Waals surface area contributed by atoms with Crippen LogP contribution in [0.3, 0.4) is 0 Å². The van der Waals surface area contributed by atoms with Gasteiger partial charge in [0.2, 0.25) is 0 Å². The molecule has 3 N–H and O–H groups in total. The Morgan fingerprint density at radius 1 is 1.36 bits per heavy atom. The standard InChI is InChI=1S/C17H19N3O.H3NO2S/c1-4-11-8-12(9-19-15(11)5-2)14-10-20(3)17(21)16-13(14)6-7-18-16;1-4(2)3/h6-10,18H,4-5H2,1-3H3;1H2,(H,2,3)/p-1. The minimum absolute atomic E-state index is 0.00685. The van der Waals surface area contributed by atoms with Gasteiger partial charge in [-0.05, 0) is 30.5 Å². The molecule has 0 aliphatic heterocycles. The summed E-state index contributed by atoms with van der Waals surface area (Å²) in [5, 5.41) is 4.98. The lowest BCUT2D eigenvalue weighted by atomic mass is 10.0. The minimum Gasteiger partial charge on any atom is -0.760 e. The Balaban J connectivity index is 0.000000511. The summed E-state index contributed by atoms with van der Waals surface area (Å²) in [5.74, 6) is 0. The molecule has 3 heterocycles. The fourth-order valence-electron chi connectivity index (χ4n) is 2.81. The quantitative estimate of drug-likeness (QED) is 0.692. The Kier molecular flexibility index (Phi) is 6.24. The summed E-state index contributed by atoms with van der Waals surface area (Å²) < 4.78 is 19.2. The SMILES string of the molecule is CCc1cc(-c2cn(C)c(=O)c3[nH]ccc23)cnc1CC.NS(=O)[O-]. The molecule has 7 nitrogen and oxygen atoms in total. The van der Waals surface area contributed by atoms with Gasteiger partial charge in [-0.25, -0.2) is 0 Å². The molecular weight excluding hydrogens is 340 g/mol. The minimum atomic E-state index is -2.36. The molecular formula is C17H21N4O3S-. The molecule has 0 aliphatic rings. The highest BCUT2D eigenvalue weighted by Gasteiger charge is 2.11. The van der Waals surface area contributed by atoms with Gasteiger partial charge in [0.05, 0.1) is 0 Å². The number of pyridine rings is 2. The van der Waals surface area contributed by atoms with Gasteiger partial charge in [0, 0.05) is 59.1 Å². The first-order valence-electron chi connectivity index (χ1n) is 7.87. The highest BCUT2D eigenvalue weighted by atomic mass is 32.2. The van der Waals surface area contributed by atoms with Crippen molar-refractivity contribution in [3.05, 3.63) is 52.3 Å². The number of fused-ring (bicyclic) bond motifs is 1. The van der Waals surface area contributed by atoms with E-state index in [-0.39, 0.29) is 5.56 Å². The Hall–Kier alpha value is -2.29. The molecule has 3 aromatic rings. The molecule has 1 unspecified atom stereocenters. The number of aromatic amines is 1. The lowest BCUT2D eigenvalue weighted by Gasteiger charge is -2.10. The number of nitrogens with zero attached hydrogens (tertiary/aromatic N) is 2. The number of H-pyrrole nitrogens is 1. The number of aromatic nitrogens is 3. The van der Waals surface area contributed by atoms with Gasteiger partial charge in [-0.15, -0.1) is 0 Å². The predicted molar refractivity (Wildman–Crippen MR) is 98.6 cm³/mol. The van der Waals surface area contributed by atoms with Crippen LogP contribution in [0.5, 0.6) is 0 Å². The van der Waals surface area contributed by atoms with Gasteiger partial charge in [-0.3, -0.25) is 19.1 Å². The first-order chi connectivity index (χ1) is 11.9. The normalized spacial score (nSPS) is 11.9. The number of nitrogens with one attached hydrogen (secondary N) is 1. The van der Waals surface area contributed by atoms with Crippen LogP contribution in [0.2, 0.25) is 0 Å². The molecule has 0 spiro atoms. The molecule has 0 amide bonds. The monoisotopic (exact) mass is 361 g/mol. The maximum absolute atomic E-state index is 12.1. The molecule has 0 aromatic carbocycles. The lowest BCUT2D eigenvalue weighted by Crippen LogP contribution is -2.16. The molecule has 0 radical (unpaired) electrons. The molecule has 3 rings (SSSR count). The summed E-state index contributed by atoms with van der Waals surface area (Å²) in [6, 6.07) is 4.14. The molecule has 0 fully saturated rings. The summed E-state index contributed by atoms with van der Waals surface area (Å²) in [4.78, 5) is 19.7. The van der Waals surface area contributed by atoms with E-state index in [1.165, 1.54) is 5.56 Å². The summed E-state index contributed by atoms with van der Waals surface area (Å²) in [6.07, 6.45) is 7.51. The van der Waals surface area contributed by atoms with E-state index < -0.39 is 11.3 Å². The molecule has 0 saturated heterocycles. The highest BCUT2D eigenvalue weighted by molar-refractivity contribution is 7.76. The third kappa shape index (κ3) is 4.22. The number of rotatable bonds is 3. The Bertz CT molecular complexity index is 958. The zero-order valence-electron chi connectivity index (χ0n) is 14.4. The van der Waals surface area contributed by atoms with Crippen LogP contribution >= 0.6 is 0 Å². The van der Waals surface area contributed by atoms with Crippen molar-refractivity contribution in [1.29, 1.82) is 0 Å². The van der Waals surface area contributed by atoms with Gasteiger partial charge in [0.1, 0.15) is 5.52 Å². The number of hydrogen-bond donors (Lipinski definition) is 2. The Labute approximate surface area is 148 Å². The van der Waals surface area contributed by atoms with Gasteiger partial charge >= 0.3 is 0 Å². The average molecular weight is 361 g/mol. The van der Waals surface area contributed by atoms with E-state index in [0.717, 1.165) is 35.0 Å². The fraction of sp³-hybridized carbons (Fsp3) is 0.294. The lowest BCUT2D eigenvalue weighted by molar-refractivity contribution is 0.539. The van der Waals surface area contributed by atoms with Crippen molar-refractivity contribution in [3.8, 4) is 11.1 Å². The zero-order chi connectivity index (χ0) is 18.6. The smallest absolute Gasteiger partial charge is 0.274 e. The highest BCUT2D eigenvalue weighted by Crippen LogP contribution is 2.27. The van der Waals surface area contributed by atoms with E-state index in [4.69, 9.17) is 8.76 Å². The summed E-state index contributed by atoms with van der Waals surface area (Å²) in [6.45, 7) is 4.27. The fourth-order valence-corrected chi connectivity index (χ4v) is 2.81. The molecule has 0 saturated carbocycles. The molecule has 1 atom stereocenters. The van der Waals surface area contributed by atoms with Crippen LogP contribution in [0, 0.1) is 0 Å². The van der Waals surface area contributed by atoms with Gasteiger partial charge in [-0.2, -0.15) is 0 Å². The van der Waals surface area contributed by atoms with E-state index >= 15 is 0 Å². The average Bonchev–Trinajstić information content (AvgIpc) is 3.07. The van der Waals surface area contributed by atoms with E-state index in [1.54, 1.807) is 11.6 Å². The molecule has 0 aliphatic carbocycles. The largest absolute Gasteiger partial charge is 0.760 e.